The third kappa shape index (κ3) is 65.7. The molecular formula is C75H120O6. The molecule has 0 aliphatic heterocycles. The first kappa shape index (κ1) is 76.0. The molecule has 1 atom stereocenters. The molecule has 0 aliphatic carbocycles. The molecule has 0 amide bonds. The van der Waals surface area contributed by atoms with E-state index in [0.29, 0.717) is 25.7 Å². The number of ether oxygens (including phenoxy) is 3. The van der Waals surface area contributed by atoms with Crippen molar-refractivity contribution >= 4 is 17.9 Å². The predicted molar refractivity (Wildman–Crippen MR) is 352 cm³/mol. The summed E-state index contributed by atoms with van der Waals surface area (Å²) >= 11 is 0. The highest BCUT2D eigenvalue weighted by molar-refractivity contribution is 5.71. The topological polar surface area (TPSA) is 78.9 Å². The number of hydrogen-bond donors (Lipinski definition) is 0. The van der Waals surface area contributed by atoms with Crippen molar-refractivity contribution in [3.05, 3.63) is 158 Å². The lowest BCUT2D eigenvalue weighted by Crippen LogP contribution is -2.30. The van der Waals surface area contributed by atoms with Crippen molar-refractivity contribution in [2.75, 3.05) is 13.2 Å². The van der Waals surface area contributed by atoms with E-state index in [-0.39, 0.29) is 31.1 Å². The van der Waals surface area contributed by atoms with Gasteiger partial charge in [-0.1, -0.05) is 269 Å². The highest BCUT2D eigenvalue weighted by atomic mass is 16.6. The van der Waals surface area contributed by atoms with E-state index in [0.717, 1.165) is 148 Å². The number of carbonyl (C=O) groups excluding carboxylic acids is 3. The van der Waals surface area contributed by atoms with E-state index in [2.05, 4.69) is 179 Å². The number of allylic oxidation sites excluding steroid dienone is 26. The van der Waals surface area contributed by atoms with Crippen LogP contribution in [-0.4, -0.2) is 37.2 Å². The van der Waals surface area contributed by atoms with Gasteiger partial charge in [0.05, 0.1) is 0 Å². The van der Waals surface area contributed by atoms with Crippen LogP contribution < -0.4 is 0 Å². The average Bonchev–Trinajstić information content (AvgIpc) is 3.46. The molecule has 0 bridgehead atoms. The highest BCUT2D eigenvalue weighted by Gasteiger charge is 2.19. The monoisotopic (exact) mass is 1120 g/mol. The van der Waals surface area contributed by atoms with E-state index < -0.39 is 6.10 Å². The molecule has 0 aliphatic rings. The molecular weight excluding hydrogens is 997 g/mol. The van der Waals surface area contributed by atoms with Gasteiger partial charge in [0.25, 0.3) is 0 Å². The second-order valence-electron chi connectivity index (χ2n) is 21.3. The van der Waals surface area contributed by atoms with Crippen LogP contribution in [0.5, 0.6) is 0 Å². The van der Waals surface area contributed by atoms with Crippen LogP contribution in [0.4, 0.5) is 0 Å². The number of carbonyl (C=O) groups is 3. The van der Waals surface area contributed by atoms with Gasteiger partial charge in [-0.2, -0.15) is 0 Å². The summed E-state index contributed by atoms with van der Waals surface area (Å²) < 4.78 is 16.9. The molecule has 1 unspecified atom stereocenters. The van der Waals surface area contributed by atoms with E-state index in [4.69, 9.17) is 14.2 Å². The second-order valence-corrected chi connectivity index (χ2v) is 21.3. The van der Waals surface area contributed by atoms with Crippen molar-refractivity contribution in [1.29, 1.82) is 0 Å². The smallest absolute Gasteiger partial charge is 0.306 e. The van der Waals surface area contributed by atoms with Crippen molar-refractivity contribution in [3.8, 4) is 0 Å². The zero-order valence-electron chi connectivity index (χ0n) is 52.2. The molecule has 456 valence electrons. The summed E-state index contributed by atoms with van der Waals surface area (Å²) in [5.74, 6) is -0.971. The lowest BCUT2D eigenvalue weighted by Gasteiger charge is -2.18. The first-order chi connectivity index (χ1) is 40.0. The van der Waals surface area contributed by atoms with Gasteiger partial charge in [-0.25, -0.2) is 0 Å². The van der Waals surface area contributed by atoms with Crippen LogP contribution in [-0.2, 0) is 28.6 Å². The van der Waals surface area contributed by atoms with Crippen molar-refractivity contribution in [2.45, 2.75) is 284 Å². The molecule has 0 saturated heterocycles. The zero-order chi connectivity index (χ0) is 58.5. The Balaban J connectivity index is 4.40. The first-order valence-corrected chi connectivity index (χ1v) is 33.0. The van der Waals surface area contributed by atoms with Crippen molar-refractivity contribution in [1.82, 2.24) is 0 Å². The largest absolute Gasteiger partial charge is 0.462 e. The normalized spacial score (nSPS) is 13.2. The number of hydrogen-bond acceptors (Lipinski definition) is 6. The van der Waals surface area contributed by atoms with Gasteiger partial charge in [0.1, 0.15) is 13.2 Å². The van der Waals surface area contributed by atoms with Crippen LogP contribution in [0, 0.1) is 0 Å². The Morgan fingerprint density at radius 2 is 0.506 bits per heavy atom. The second kappa shape index (κ2) is 67.5. The quantitative estimate of drug-likeness (QED) is 0.0261. The lowest BCUT2D eigenvalue weighted by molar-refractivity contribution is -0.167. The molecule has 0 spiro atoms. The molecule has 0 fully saturated rings. The molecule has 0 aromatic heterocycles. The van der Waals surface area contributed by atoms with E-state index in [1.165, 1.54) is 83.5 Å². The van der Waals surface area contributed by atoms with Crippen LogP contribution >= 0.6 is 0 Å². The summed E-state index contributed by atoms with van der Waals surface area (Å²) in [6.45, 7) is 6.41. The van der Waals surface area contributed by atoms with Crippen LogP contribution in [0.25, 0.3) is 0 Å². The Kier molecular flexibility index (Phi) is 63.4. The fourth-order valence-electron chi connectivity index (χ4n) is 8.56. The third-order valence-electron chi connectivity index (χ3n) is 13.5. The Bertz CT molecular complexity index is 1810. The molecule has 81 heavy (non-hydrogen) atoms. The summed E-state index contributed by atoms with van der Waals surface area (Å²) in [5.41, 5.74) is 0. The molecule has 0 aromatic carbocycles. The number of esters is 3. The van der Waals surface area contributed by atoms with E-state index in [1.54, 1.807) is 0 Å². The first-order valence-electron chi connectivity index (χ1n) is 33.0. The SMILES string of the molecule is CC/C=C\C/C=C\C/C=C\C/C=C\C/C=C\C/C=C\C/C=C\C/C=C\C/C=C\C/C=C\CCCCC(=O)OCC(COC(=O)CCCCCCC/C=C\C/C=C\CCC)OC(=O)CCCCCCCCC/C=C\CCCCCCCC. The summed E-state index contributed by atoms with van der Waals surface area (Å²) in [6.07, 6.45) is 98.3. The molecule has 0 rings (SSSR count). The standard InChI is InChI=1S/C75H120O6/c1-4-7-10-13-16-19-22-25-27-29-30-31-32-33-34-35-36-37-38-39-40-41-42-43-44-46-47-50-53-56-59-62-65-68-74(77)80-71-72(70-79-73(76)67-64-61-58-55-52-49-24-21-18-15-12-9-6-3)81-75(78)69-66-63-60-57-54-51-48-45-28-26-23-20-17-14-11-8-5-2/h7,10,12,15-16,19,21,24-28,30-31,33-34,36-37,39-40,42-43,46-47,53,56,72H,4-6,8-9,11,13-14,17-18,20,22-23,29,32,35,38,41,44-45,48-52,54-55,57-71H2,1-3H3/b10-7-,15-12-,19-16-,24-21-,27-25-,28-26-,31-30-,34-33-,37-36-,40-39-,43-42-,47-46-,56-53-. The maximum Gasteiger partial charge on any atom is 0.306 e. The van der Waals surface area contributed by atoms with Gasteiger partial charge in [0, 0.05) is 19.3 Å². The lowest BCUT2D eigenvalue weighted by atomic mass is 10.1. The molecule has 0 saturated carbocycles. The van der Waals surface area contributed by atoms with Crippen molar-refractivity contribution < 1.29 is 28.6 Å². The minimum Gasteiger partial charge on any atom is -0.462 e. The fraction of sp³-hybridized carbons (Fsp3) is 0.613. The van der Waals surface area contributed by atoms with Gasteiger partial charge < -0.3 is 14.2 Å². The minimum atomic E-state index is -0.812. The Labute approximate surface area is 499 Å². The van der Waals surface area contributed by atoms with Gasteiger partial charge in [-0.15, -0.1) is 0 Å². The summed E-state index contributed by atoms with van der Waals surface area (Å²) in [4.78, 5) is 38.3. The van der Waals surface area contributed by atoms with E-state index >= 15 is 0 Å². The summed E-state index contributed by atoms with van der Waals surface area (Å²) in [5, 5.41) is 0. The average molecular weight is 1120 g/mol. The molecule has 0 heterocycles. The Morgan fingerprint density at radius 3 is 0.840 bits per heavy atom. The highest BCUT2D eigenvalue weighted by Crippen LogP contribution is 2.14. The predicted octanol–water partition coefficient (Wildman–Crippen LogP) is 22.9. The maximum atomic E-state index is 12.9. The van der Waals surface area contributed by atoms with Crippen molar-refractivity contribution in [3.63, 3.8) is 0 Å². The zero-order valence-corrected chi connectivity index (χ0v) is 52.2. The van der Waals surface area contributed by atoms with Crippen LogP contribution in [0.2, 0.25) is 0 Å². The van der Waals surface area contributed by atoms with Crippen LogP contribution in [0.15, 0.2) is 158 Å². The number of rotatable bonds is 58. The molecule has 6 heteroatoms. The Morgan fingerprint density at radius 1 is 0.259 bits per heavy atom. The van der Waals surface area contributed by atoms with Crippen LogP contribution in [0.1, 0.15) is 278 Å². The van der Waals surface area contributed by atoms with Gasteiger partial charge >= 0.3 is 17.9 Å². The van der Waals surface area contributed by atoms with Crippen LogP contribution in [0.3, 0.4) is 0 Å². The minimum absolute atomic E-state index is 0.106. The van der Waals surface area contributed by atoms with Gasteiger partial charge in [0.15, 0.2) is 6.10 Å². The molecule has 0 N–H and O–H groups in total. The molecule has 0 aromatic rings. The molecule has 0 radical (unpaired) electrons. The third-order valence-corrected chi connectivity index (χ3v) is 13.5. The molecule has 6 nitrogen and oxygen atoms in total. The van der Waals surface area contributed by atoms with E-state index in [1.807, 2.05) is 0 Å². The van der Waals surface area contributed by atoms with Gasteiger partial charge in [-0.05, 0) is 148 Å². The summed E-state index contributed by atoms with van der Waals surface area (Å²) in [7, 11) is 0. The van der Waals surface area contributed by atoms with Crippen molar-refractivity contribution in [2.24, 2.45) is 0 Å². The Hall–Kier alpha value is -4.97. The fourth-order valence-corrected chi connectivity index (χ4v) is 8.56. The van der Waals surface area contributed by atoms with Gasteiger partial charge in [0.2, 0.25) is 0 Å². The summed E-state index contributed by atoms with van der Waals surface area (Å²) in [6, 6.07) is 0. The van der Waals surface area contributed by atoms with Gasteiger partial charge in [-0.3, -0.25) is 14.4 Å². The van der Waals surface area contributed by atoms with E-state index in [9.17, 15) is 14.4 Å². The number of unbranched alkanes of at least 4 members (excludes halogenated alkanes) is 21. The maximum absolute atomic E-state index is 12.9.